The van der Waals surface area contributed by atoms with Gasteiger partial charge in [0, 0.05) is 48.3 Å². The SMILES string of the molecule is Nc1ccccc1NC(=O)CCCCC(=O)NCc1cccc(-c2cccc(C3OC(CSc4nc(-c5ccccc5)c(-c5ccccc5)o4)CC(c4ccc(CO)cc4)O3)c2)c1. The van der Waals surface area contributed by atoms with Crippen LogP contribution in [0.3, 0.4) is 0 Å². The van der Waals surface area contributed by atoms with Crippen molar-refractivity contribution in [3.05, 3.63) is 180 Å². The zero-order valence-electron chi connectivity index (χ0n) is 34.8. The first kappa shape index (κ1) is 43.2. The second kappa shape index (κ2) is 21.0. The molecule has 1 aliphatic heterocycles. The molecule has 320 valence electrons. The van der Waals surface area contributed by atoms with Gasteiger partial charge in [-0.15, -0.1) is 0 Å². The second-order valence-corrected chi connectivity index (χ2v) is 16.5. The molecular weight excluding hydrogens is 809 g/mol. The Bertz CT molecular complexity index is 2550. The average molecular weight is 859 g/mol. The number of amides is 2. The number of ether oxygens (including phenoxy) is 2. The van der Waals surface area contributed by atoms with Crippen molar-refractivity contribution >= 4 is 35.0 Å². The van der Waals surface area contributed by atoms with Crippen LogP contribution in [-0.2, 0) is 32.2 Å². The summed E-state index contributed by atoms with van der Waals surface area (Å²) in [7, 11) is 0. The number of para-hydroxylation sites is 2. The number of aromatic nitrogens is 1. The van der Waals surface area contributed by atoms with Crippen molar-refractivity contribution in [3.8, 4) is 33.7 Å². The molecule has 8 rings (SSSR count). The van der Waals surface area contributed by atoms with Gasteiger partial charge in [0.15, 0.2) is 12.1 Å². The van der Waals surface area contributed by atoms with Crippen LogP contribution in [-0.4, -0.2) is 33.8 Å². The first-order valence-electron chi connectivity index (χ1n) is 21.2. The molecule has 7 aromatic rings. The Hall–Kier alpha value is -6.50. The third-order valence-corrected chi connectivity index (χ3v) is 11.9. The molecule has 0 bridgehead atoms. The highest BCUT2D eigenvalue weighted by Gasteiger charge is 2.33. The lowest BCUT2D eigenvalue weighted by molar-refractivity contribution is -0.245. The van der Waals surface area contributed by atoms with Crippen molar-refractivity contribution in [3.63, 3.8) is 0 Å². The summed E-state index contributed by atoms with van der Waals surface area (Å²) in [6.07, 6.45) is 1.34. The Kier molecular flexibility index (Phi) is 14.4. The minimum Gasteiger partial charge on any atom is -0.431 e. The Morgan fingerprint density at radius 1 is 0.683 bits per heavy atom. The third-order valence-electron chi connectivity index (χ3n) is 10.9. The zero-order chi connectivity index (χ0) is 43.4. The van der Waals surface area contributed by atoms with Gasteiger partial charge in [-0.05, 0) is 64.9 Å². The smallest absolute Gasteiger partial charge is 0.256 e. The predicted molar refractivity (Wildman–Crippen MR) is 248 cm³/mol. The van der Waals surface area contributed by atoms with Gasteiger partial charge in [0.1, 0.15) is 5.69 Å². The Morgan fingerprint density at radius 3 is 2.10 bits per heavy atom. The van der Waals surface area contributed by atoms with E-state index in [1.54, 1.807) is 12.1 Å². The topological polar surface area (TPSA) is 149 Å². The predicted octanol–water partition coefficient (Wildman–Crippen LogP) is 10.9. The van der Waals surface area contributed by atoms with Gasteiger partial charge < -0.3 is 35.4 Å². The number of nitrogen functional groups attached to an aromatic ring is 1. The van der Waals surface area contributed by atoms with E-state index in [9.17, 15) is 14.7 Å². The van der Waals surface area contributed by atoms with Crippen LogP contribution in [0.5, 0.6) is 0 Å². The normalized spacial score (nSPS) is 16.0. The summed E-state index contributed by atoms with van der Waals surface area (Å²) < 4.78 is 19.9. The number of aliphatic hydroxyl groups is 1. The molecule has 3 atom stereocenters. The first-order valence-corrected chi connectivity index (χ1v) is 22.2. The van der Waals surface area contributed by atoms with E-state index in [4.69, 9.17) is 24.6 Å². The summed E-state index contributed by atoms with van der Waals surface area (Å²) in [6, 6.07) is 51.4. The quantitative estimate of drug-likeness (QED) is 0.0399. The fourth-order valence-corrected chi connectivity index (χ4v) is 8.38. The summed E-state index contributed by atoms with van der Waals surface area (Å²) in [4.78, 5) is 30.1. The van der Waals surface area contributed by atoms with E-state index >= 15 is 0 Å². The zero-order valence-corrected chi connectivity index (χ0v) is 35.6. The van der Waals surface area contributed by atoms with E-state index < -0.39 is 6.29 Å². The van der Waals surface area contributed by atoms with E-state index in [1.165, 1.54) is 11.8 Å². The summed E-state index contributed by atoms with van der Waals surface area (Å²) >= 11 is 1.53. The number of hydrogen-bond donors (Lipinski definition) is 4. The maximum atomic E-state index is 12.7. The molecule has 11 heteroatoms. The molecule has 1 aliphatic rings. The highest BCUT2D eigenvalue weighted by Crippen LogP contribution is 2.42. The molecule has 0 radical (unpaired) electrons. The summed E-state index contributed by atoms with van der Waals surface area (Å²) in [5.74, 6) is 1.12. The standard InChI is InChI=1S/C52H50N4O6S/c53-44-21-7-8-22-45(44)55-48(59)24-10-9-23-47(58)54-32-36-13-11-18-40(29-36)41-19-12-20-42(30-41)51-60-43(31-46(61-51)37-27-25-35(33-57)26-28-37)34-63-52-56-49(38-14-3-1-4-15-38)50(62-52)39-16-5-2-6-17-39/h1-8,11-22,25-30,43,46,51,57H,9-10,23-24,31-34,53H2,(H,54,58)(H,55,59). The van der Waals surface area contributed by atoms with Gasteiger partial charge in [0.2, 0.25) is 11.8 Å². The van der Waals surface area contributed by atoms with Crippen molar-refractivity contribution in [2.45, 2.75) is 69.0 Å². The van der Waals surface area contributed by atoms with Crippen molar-refractivity contribution < 1.29 is 28.6 Å². The number of carbonyl (C=O) groups excluding carboxylic acids is 2. The average Bonchev–Trinajstić information content (AvgIpc) is 3.77. The van der Waals surface area contributed by atoms with Crippen LogP contribution in [0.25, 0.3) is 33.7 Å². The van der Waals surface area contributed by atoms with E-state index in [0.717, 1.165) is 56.0 Å². The molecule has 3 unspecified atom stereocenters. The Morgan fingerprint density at radius 2 is 1.35 bits per heavy atom. The largest absolute Gasteiger partial charge is 0.431 e. The number of anilines is 2. The molecule has 2 amide bonds. The van der Waals surface area contributed by atoms with Gasteiger partial charge in [-0.2, -0.15) is 0 Å². The highest BCUT2D eigenvalue weighted by atomic mass is 32.2. The maximum absolute atomic E-state index is 12.7. The molecule has 63 heavy (non-hydrogen) atoms. The molecule has 0 spiro atoms. The van der Waals surface area contributed by atoms with Gasteiger partial charge in [-0.3, -0.25) is 9.59 Å². The van der Waals surface area contributed by atoms with Gasteiger partial charge >= 0.3 is 0 Å². The monoisotopic (exact) mass is 858 g/mol. The molecule has 5 N–H and O–H groups in total. The van der Waals surface area contributed by atoms with Gasteiger partial charge in [-0.1, -0.05) is 145 Å². The van der Waals surface area contributed by atoms with Crippen molar-refractivity contribution in [1.29, 1.82) is 0 Å². The lowest BCUT2D eigenvalue weighted by Crippen LogP contribution is -2.31. The van der Waals surface area contributed by atoms with Crippen LogP contribution in [0.1, 0.15) is 66.8 Å². The molecule has 10 nitrogen and oxygen atoms in total. The number of hydrogen-bond acceptors (Lipinski definition) is 9. The van der Waals surface area contributed by atoms with Crippen LogP contribution in [0, 0.1) is 0 Å². The van der Waals surface area contributed by atoms with E-state index in [0.29, 0.717) is 61.0 Å². The molecular formula is C52H50N4O6S. The molecule has 2 heterocycles. The van der Waals surface area contributed by atoms with Crippen LogP contribution in [0.15, 0.2) is 167 Å². The number of nitrogens with one attached hydrogen (secondary N) is 2. The van der Waals surface area contributed by atoms with Crippen LogP contribution in [0.4, 0.5) is 11.4 Å². The molecule has 1 fully saturated rings. The number of carbonyl (C=O) groups is 2. The van der Waals surface area contributed by atoms with Crippen LogP contribution < -0.4 is 16.4 Å². The van der Waals surface area contributed by atoms with E-state index in [2.05, 4.69) is 34.9 Å². The van der Waals surface area contributed by atoms with E-state index in [1.807, 2.05) is 121 Å². The molecule has 6 aromatic carbocycles. The number of rotatable bonds is 17. The molecule has 0 aliphatic carbocycles. The number of nitrogens with zero attached hydrogens (tertiary/aromatic N) is 1. The minimum absolute atomic E-state index is 0.0305. The minimum atomic E-state index is -0.652. The fraction of sp³-hybridized carbons (Fsp3) is 0.212. The number of benzene rings is 6. The highest BCUT2D eigenvalue weighted by molar-refractivity contribution is 7.99. The van der Waals surface area contributed by atoms with Crippen LogP contribution in [0.2, 0.25) is 0 Å². The number of nitrogens with two attached hydrogens (primary N) is 1. The van der Waals surface area contributed by atoms with Gasteiger partial charge in [0.25, 0.3) is 5.22 Å². The number of unbranched alkanes of at least 4 members (excludes halogenated alkanes) is 1. The van der Waals surface area contributed by atoms with Gasteiger partial charge in [-0.25, -0.2) is 4.98 Å². The fourth-order valence-electron chi connectivity index (χ4n) is 7.54. The molecule has 0 saturated carbocycles. The van der Waals surface area contributed by atoms with Crippen molar-refractivity contribution in [1.82, 2.24) is 10.3 Å². The summed E-state index contributed by atoms with van der Waals surface area (Å²) in [5.41, 5.74) is 15.5. The molecule has 1 aromatic heterocycles. The Labute approximate surface area is 371 Å². The number of thioether (sulfide) groups is 1. The number of oxazole rings is 1. The van der Waals surface area contributed by atoms with Gasteiger partial charge in [0.05, 0.1) is 30.2 Å². The molecule has 1 saturated heterocycles. The number of aliphatic hydroxyl groups excluding tert-OH is 1. The Balaban J connectivity index is 0.921. The van der Waals surface area contributed by atoms with Crippen molar-refractivity contribution in [2.75, 3.05) is 16.8 Å². The van der Waals surface area contributed by atoms with Crippen molar-refractivity contribution in [2.24, 2.45) is 0 Å². The maximum Gasteiger partial charge on any atom is 0.256 e. The lowest BCUT2D eigenvalue weighted by Gasteiger charge is -2.36. The lowest BCUT2D eigenvalue weighted by atomic mass is 9.99. The first-order chi connectivity index (χ1) is 30.9. The van der Waals surface area contributed by atoms with Crippen LogP contribution >= 0.6 is 11.8 Å². The van der Waals surface area contributed by atoms with E-state index in [-0.39, 0.29) is 30.6 Å². The third kappa shape index (κ3) is 11.5. The summed E-state index contributed by atoms with van der Waals surface area (Å²) in [5, 5.41) is 16.1. The summed E-state index contributed by atoms with van der Waals surface area (Å²) in [6.45, 7) is 0.354. The second-order valence-electron chi connectivity index (χ2n) is 15.5.